The summed E-state index contributed by atoms with van der Waals surface area (Å²) in [7, 11) is 0. The van der Waals surface area contributed by atoms with Crippen molar-refractivity contribution in [2.75, 3.05) is 18.1 Å². The van der Waals surface area contributed by atoms with Crippen LogP contribution in [0.3, 0.4) is 0 Å². The van der Waals surface area contributed by atoms with Crippen LogP contribution < -0.4 is 5.73 Å². The largest absolute Gasteiger partial charge is 0.330 e. The quantitative estimate of drug-likeness (QED) is 0.844. The van der Waals surface area contributed by atoms with Crippen molar-refractivity contribution in [1.29, 1.82) is 0 Å². The lowest BCUT2D eigenvalue weighted by Crippen LogP contribution is -2.29. The Kier molecular flexibility index (Phi) is 3.26. The molecule has 0 spiro atoms. The molecule has 1 fully saturated rings. The summed E-state index contributed by atoms with van der Waals surface area (Å²) in [5.41, 5.74) is 7.22. The standard InChI is InChI=1S/C11H17N3S/c1-9-13-6-10(7-14-9)11(2-4-12)3-5-15-8-11/h6-7H,2-5,8,12H2,1H3. The minimum atomic E-state index is 0.243. The Morgan fingerprint density at radius 1 is 1.47 bits per heavy atom. The van der Waals surface area contributed by atoms with Crippen LogP contribution in [-0.2, 0) is 5.41 Å². The molecular formula is C11H17N3S. The van der Waals surface area contributed by atoms with E-state index in [2.05, 4.69) is 9.97 Å². The normalized spacial score (nSPS) is 25.7. The van der Waals surface area contributed by atoms with Crippen molar-refractivity contribution in [3.8, 4) is 0 Å². The Labute approximate surface area is 94.9 Å². The molecule has 2 rings (SSSR count). The Balaban J connectivity index is 2.28. The fourth-order valence-electron chi connectivity index (χ4n) is 2.12. The zero-order valence-corrected chi connectivity index (χ0v) is 9.89. The van der Waals surface area contributed by atoms with Gasteiger partial charge in [0.2, 0.25) is 0 Å². The average molecular weight is 223 g/mol. The second kappa shape index (κ2) is 4.49. The zero-order chi connectivity index (χ0) is 10.7. The van der Waals surface area contributed by atoms with Crippen LogP contribution in [0, 0.1) is 6.92 Å². The molecule has 0 amide bonds. The molecule has 4 heteroatoms. The van der Waals surface area contributed by atoms with E-state index < -0.39 is 0 Å². The van der Waals surface area contributed by atoms with Crippen LogP contribution in [0.25, 0.3) is 0 Å². The van der Waals surface area contributed by atoms with Crippen molar-refractivity contribution in [1.82, 2.24) is 9.97 Å². The number of aromatic nitrogens is 2. The molecule has 0 radical (unpaired) electrons. The van der Waals surface area contributed by atoms with E-state index >= 15 is 0 Å². The van der Waals surface area contributed by atoms with Gasteiger partial charge in [0.1, 0.15) is 5.82 Å². The molecule has 15 heavy (non-hydrogen) atoms. The summed E-state index contributed by atoms with van der Waals surface area (Å²) < 4.78 is 0. The summed E-state index contributed by atoms with van der Waals surface area (Å²) in [5, 5.41) is 0. The van der Waals surface area contributed by atoms with E-state index in [-0.39, 0.29) is 5.41 Å². The summed E-state index contributed by atoms with van der Waals surface area (Å²) in [4.78, 5) is 8.58. The predicted octanol–water partition coefficient (Wildman–Crippen LogP) is 1.51. The molecule has 1 aromatic rings. The number of nitrogens with zero attached hydrogens (tertiary/aromatic N) is 2. The number of aryl methyl sites for hydroxylation is 1. The lowest BCUT2D eigenvalue weighted by molar-refractivity contribution is 0.449. The lowest BCUT2D eigenvalue weighted by Gasteiger charge is -2.27. The molecule has 82 valence electrons. The molecule has 3 nitrogen and oxygen atoms in total. The monoisotopic (exact) mass is 223 g/mol. The maximum Gasteiger partial charge on any atom is 0.125 e. The molecule has 1 aliphatic heterocycles. The first kappa shape index (κ1) is 10.9. The molecule has 2 N–H and O–H groups in total. The lowest BCUT2D eigenvalue weighted by atomic mass is 9.78. The minimum absolute atomic E-state index is 0.243. The van der Waals surface area contributed by atoms with Gasteiger partial charge in [-0.2, -0.15) is 11.8 Å². The van der Waals surface area contributed by atoms with Gasteiger partial charge in [0.25, 0.3) is 0 Å². The number of thioether (sulfide) groups is 1. The van der Waals surface area contributed by atoms with Gasteiger partial charge in [0.15, 0.2) is 0 Å². The van der Waals surface area contributed by atoms with Gasteiger partial charge in [-0.05, 0) is 37.6 Å². The number of hydrogen-bond acceptors (Lipinski definition) is 4. The summed E-state index contributed by atoms with van der Waals surface area (Å²) in [5.74, 6) is 3.23. The average Bonchev–Trinajstić information content (AvgIpc) is 2.69. The predicted molar refractivity (Wildman–Crippen MR) is 64.1 cm³/mol. The minimum Gasteiger partial charge on any atom is -0.330 e. The fourth-order valence-corrected chi connectivity index (χ4v) is 3.64. The van der Waals surface area contributed by atoms with E-state index in [0.29, 0.717) is 0 Å². The van der Waals surface area contributed by atoms with Gasteiger partial charge in [0.05, 0.1) is 0 Å². The molecule has 1 saturated heterocycles. The van der Waals surface area contributed by atoms with E-state index in [0.717, 1.165) is 24.5 Å². The molecular weight excluding hydrogens is 206 g/mol. The number of nitrogens with two attached hydrogens (primary N) is 1. The van der Waals surface area contributed by atoms with Crippen LogP contribution in [0.2, 0.25) is 0 Å². The van der Waals surface area contributed by atoms with Gasteiger partial charge in [0, 0.05) is 23.6 Å². The molecule has 0 aliphatic carbocycles. The molecule has 1 aromatic heterocycles. The summed E-state index contributed by atoms with van der Waals surface area (Å²) in [6, 6.07) is 0. The van der Waals surface area contributed by atoms with E-state index in [1.165, 1.54) is 17.7 Å². The van der Waals surface area contributed by atoms with Crippen molar-refractivity contribution in [2.45, 2.75) is 25.2 Å². The Bertz CT molecular complexity index is 317. The maximum atomic E-state index is 5.71. The van der Waals surface area contributed by atoms with Crippen LogP contribution >= 0.6 is 11.8 Å². The SMILES string of the molecule is Cc1ncc(C2(CCN)CCSC2)cn1. The van der Waals surface area contributed by atoms with Crippen LogP contribution in [0.1, 0.15) is 24.2 Å². The van der Waals surface area contributed by atoms with Gasteiger partial charge < -0.3 is 5.73 Å². The number of hydrogen-bond donors (Lipinski definition) is 1. The van der Waals surface area contributed by atoms with Gasteiger partial charge in [-0.1, -0.05) is 0 Å². The first-order valence-electron chi connectivity index (χ1n) is 5.34. The maximum absolute atomic E-state index is 5.71. The third kappa shape index (κ3) is 2.16. The molecule has 0 aromatic carbocycles. The highest BCUT2D eigenvalue weighted by atomic mass is 32.2. The van der Waals surface area contributed by atoms with Crippen LogP contribution in [-0.4, -0.2) is 28.0 Å². The van der Waals surface area contributed by atoms with E-state index in [9.17, 15) is 0 Å². The summed E-state index contributed by atoms with van der Waals surface area (Å²) >= 11 is 2.01. The first-order valence-corrected chi connectivity index (χ1v) is 6.49. The fraction of sp³-hybridized carbons (Fsp3) is 0.636. The Morgan fingerprint density at radius 3 is 2.73 bits per heavy atom. The second-order valence-electron chi connectivity index (χ2n) is 4.14. The summed E-state index contributed by atoms with van der Waals surface area (Å²) in [6.07, 6.45) is 6.21. The highest BCUT2D eigenvalue weighted by Gasteiger charge is 2.35. The van der Waals surface area contributed by atoms with Crippen LogP contribution in [0.5, 0.6) is 0 Å². The van der Waals surface area contributed by atoms with Crippen molar-refractivity contribution in [3.05, 3.63) is 23.8 Å². The molecule has 0 saturated carbocycles. The Hall–Kier alpha value is -0.610. The molecule has 0 bridgehead atoms. The van der Waals surface area contributed by atoms with Crippen molar-refractivity contribution in [2.24, 2.45) is 5.73 Å². The van der Waals surface area contributed by atoms with Gasteiger partial charge >= 0.3 is 0 Å². The highest BCUT2D eigenvalue weighted by molar-refractivity contribution is 7.99. The van der Waals surface area contributed by atoms with Gasteiger partial charge in [-0.25, -0.2) is 9.97 Å². The zero-order valence-electron chi connectivity index (χ0n) is 9.07. The molecule has 1 aliphatic rings. The smallest absolute Gasteiger partial charge is 0.125 e. The first-order chi connectivity index (χ1) is 7.27. The number of rotatable bonds is 3. The Morgan fingerprint density at radius 2 is 2.20 bits per heavy atom. The topological polar surface area (TPSA) is 51.8 Å². The highest BCUT2D eigenvalue weighted by Crippen LogP contribution is 2.40. The van der Waals surface area contributed by atoms with Crippen LogP contribution in [0.4, 0.5) is 0 Å². The summed E-state index contributed by atoms with van der Waals surface area (Å²) in [6.45, 7) is 2.66. The third-order valence-corrected chi connectivity index (χ3v) is 4.37. The molecule has 1 unspecified atom stereocenters. The van der Waals surface area contributed by atoms with Crippen molar-refractivity contribution >= 4 is 11.8 Å². The molecule has 2 heterocycles. The van der Waals surface area contributed by atoms with Crippen LogP contribution in [0.15, 0.2) is 12.4 Å². The van der Waals surface area contributed by atoms with E-state index in [1.807, 2.05) is 31.1 Å². The van der Waals surface area contributed by atoms with Crippen molar-refractivity contribution in [3.63, 3.8) is 0 Å². The third-order valence-electron chi connectivity index (χ3n) is 3.12. The van der Waals surface area contributed by atoms with Gasteiger partial charge in [-0.15, -0.1) is 0 Å². The van der Waals surface area contributed by atoms with Crippen molar-refractivity contribution < 1.29 is 0 Å². The van der Waals surface area contributed by atoms with E-state index in [1.54, 1.807) is 0 Å². The van der Waals surface area contributed by atoms with E-state index in [4.69, 9.17) is 5.73 Å². The molecule has 1 atom stereocenters. The van der Waals surface area contributed by atoms with Gasteiger partial charge in [-0.3, -0.25) is 0 Å². The second-order valence-corrected chi connectivity index (χ2v) is 5.25.